The molecule has 0 aromatic rings. The lowest BCUT2D eigenvalue weighted by atomic mass is 9.46. The maximum atomic E-state index is 10.7. The predicted octanol–water partition coefficient (Wildman–Crippen LogP) is 8.01. The lowest BCUT2D eigenvalue weighted by Crippen LogP contribution is -2.53. The van der Waals surface area contributed by atoms with Crippen LogP contribution in [0.2, 0.25) is 0 Å². The van der Waals surface area contributed by atoms with Gasteiger partial charge in [-0.25, -0.2) is 0 Å². The van der Waals surface area contributed by atoms with Crippen LogP contribution in [0.1, 0.15) is 106 Å². The number of aliphatic hydroxyl groups excluding tert-OH is 1. The highest BCUT2D eigenvalue weighted by molar-refractivity contribution is 5.49. The third kappa shape index (κ3) is 3.30. The molecule has 168 valence electrons. The van der Waals surface area contributed by atoms with Crippen LogP contribution < -0.4 is 0 Å². The van der Waals surface area contributed by atoms with Gasteiger partial charge in [-0.2, -0.15) is 0 Å². The summed E-state index contributed by atoms with van der Waals surface area (Å²) in [4.78, 5) is 0. The minimum atomic E-state index is -0.136. The summed E-state index contributed by atoms with van der Waals surface area (Å²) >= 11 is 0. The molecule has 1 heteroatoms. The van der Waals surface area contributed by atoms with Gasteiger partial charge in [0.15, 0.2) is 0 Å². The quantitative estimate of drug-likeness (QED) is 0.465. The van der Waals surface area contributed by atoms with Gasteiger partial charge in [0.05, 0.1) is 6.10 Å². The first kappa shape index (κ1) is 22.4. The maximum Gasteiger partial charge on any atom is 0.0594 e. The van der Waals surface area contributed by atoms with E-state index in [1.165, 1.54) is 56.9 Å². The van der Waals surface area contributed by atoms with Gasteiger partial charge in [-0.05, 0) is 117 Å². The first-order chi connectivity index (χ1) is 14.0. The zero-order chi connectivity index (χ0) is 21.9. The minimum absolute atomic E-state index is 0.0400. The number of aliphatic hydroxyl groups is 1. The fourth-order valence-electron chi connectivity index (χ4n) is 8.41. The van der Waals surface area contributed by atoms with E-state index < -0.39 is 0 Å². The Labute approximate surface area is 186 Å². The van der Waals surface area contributed by atoms with Gasteiger partial charge in [0.25, 0.3) is 0 Å². The van der Waals surface area contributed by atoms with Crippen molar-refractivity contribution in [1.29, 1.82) is 0 Å². The molecule has 0 heterocycles. The zero-order valence-electron chi connectivity index (χ0n) is 20.8. The molecule has 0 saturated heterocycles. The second-order valence-corrected chi connectivity index (χ2v) is 12.6. The monoisotopic (exact) mass is 410 g/mol. The van der Waals surface area contributed by atoms with Crippen molar-refractivity contribution in [2.75, 3.05) is 0 Å². The van der Waals surface area contributed by atoms with E-state index in [0.717, 1.165) is 18.3 Å². The Balaban J connectivity index is 1.60. The van der Waals surface area contributed by atoms with E-state index >= 15 is 0 Å². The summed E-state index contributed by atoms with van der Waals surface area (Å²) in [6.07, 6.45) is 16.0. The Hall–Kier alpha value is -0.820. The van der Waals surface area contributed by atoms with Gasteiger partial charge < -0.3 is 5.11 Å². The summed E-state index contributed by atoms with van der Waals surface area (Å²) in [5.41, 5.74) is 7.47. The van der Waals surface area contributed by atoms with E-state index in [-0.39, 0.29) is 11.5 Å². The Morgan fingerprint density at radius 2 is 1.83 bits per heavy atom. The zero-order valence-corrected chi connectivity index (χ0v) is 20.8. The van der Waals surface area contributed by atoms with Crippen LogP contribution in [0.3, 0.4) is 0 Å². The summed E-state index contributed by atoms with van der Waals surface area (Å²) in [5, 5.41) is 10.7. The normalized spacial score (nSPS) is 40.8. The molecule has 0 radical (unpaired) electrons. The summed E-state index contributed by atoms with van der Waals surface area (Å²) in [7, 11) is 0. The molecular formula is C29H46O. The van der Waals surface area contributed by atoms with E-state index in [2.05, 4.69) is 60.6 Å². The smallest absolute Gasteiger partial charge is 0.0594 e. The van der Waals surface area contributed by atoms with Crippen LogP contribution in [0.4, 0.5) is 0 Å². The molecule has 0 aromatic heterocycles. The van der Waals surface area contributed by atoms with Gasteiger partial charge in [-0.15, -0.1) is 0 Å². The summed E-state index contributed by atoms with van der Waals surface area (Å²) < 4.78 is 0. The summed E-state index contributed by atoms with van der Waals surface area (Å²) in [5.74, 6) is 2.22. The fraction of sp³-hybridized carbons (Fsp3) is 0.793. The van der Waals surface area contributed by atoms with Crippen molar-refractivity contribution in [3.8, 4) is 0 Å². The van der Waals surface area contributed by atoms with Gasteiger partial charge >= 0.3 is 0 Å². The molecule has 4 aliphatic rings. The Morgan fingerprint density at radius 1 is 1.10 bits per heavy atom. The molecule has 0 bridgehead atoms. The van der Waals surface area contributed by atoms with E-state index in [4.69, 9.17) is 0 Å². The van der Waals surface area contributed by atoms with Gasteiger partial charge in [0.2, 0.25) is 0 Å². The number of fused-ring (bicyclic) bond motifs is 4. The minimum Gasteiger partial charge on any atom is -0.393 e. The molecule has 0 aromatic carbocycles. The average Bonchev–Trinajstić information content (AvgIpc) is 3.02. The Bertz CT molecular complexity index is 776. The molecule has 1 saturated carbocycles. The summed E-state index contributed by atoms with van der Waals surface area (Å²) in [6, 6.07) is 0. The van der Waals surface area contributed by atoms with Gasteiger partial charge in [-0.1, -0.05) is 57.9 Å². The third-order valence-corrected chi connectivity index (χ3v) is 10.3. The first-order valence-electron chi connectivity index (χ1n) is 12.8. The SMILES string of the molecule is CC(C)=CCC[C@@H](C)[C@@H]1CC=C2C3=C(CC[C@]21C)[C@@]1(C)CC[C@@H](O)C(C)(C)[C@H]1CC3. The van der Waals surface area contributed by atoms with E-state index in [9.17, 15) is 5.11 Å². The molecule has 1 nitrogen and oxygen atoms in total. The van der Waals surface area contributed by atoms with Crippen LogP contribution in [-0.4, -0.2) is 11.2 Å². The van der Waals surface area contributed by atoms with Crippen LogP contribution in [0.25, 0.3) is 0 Å². The van der Waals surface area contributed by atoms with Gasteiger partial charge in [-0.3, -0.25) is 0 Å². The molecule has 0 aliphatic heterocycles. The van der Waals surface area contributed by atoms with Crippen molar-refractivity contribution in [2.24, 2.45) is 34.0 Å². The highest BCUT2D eigenvalue weighted by atomic mass is 16.3. The predicted molar refractivity (Wildman–Crippen MR) is 128 cm³/mol. The van der Waals surface area contributed by atoms with E-state index in [0.29, 0.717) is 16.7 Å². The lowest BCUT2D eigenvalue weighted by molar-refractivity contribution is -0.0905. The molecule has 4 aliphatic carbocycles. The molecule has 1 fully saturated rings. The standard InChI is InChI=1S/C29H46O/c1-19(2)9-8-10-20(3)22-12-13-23-21-11-14-25-27(4,5)26(30)16-18-29(25,7)24(21)15-17-28(22,23)6/h9,13,20,22,25-26,30H,8,10-12,14-18H2,1-7H3/t20-,22+,25-,26-,28+,29-/m1/s1. The van der Waals surface area contributed by atoms with Crippen molar-refractivity contribution in [3.05, 3.63) is 34.4 Å². The Morgan fingerprint density at radius 3 is 2.53 bits per heavy atom. The van der Waals surface area contributed by atoms with Gasteiger partial charge in [0.1, 0.15) is 0 Å². The highest BCUT2D eigenvalue weighted by Gasteiger charge is 2.57. The third-order valence-electron chi connectivity index (χ3n) is 10.3. The highest BCUT2D eigenvalue weighted by Crippen LogP contribution is 2.66. The van der Waals surface area contributed by atoms with Crippen LogP contribution in [0.15, 0.2) is 34.4 Å². The van der Waals surface area contributed by atoms with E-state index in [1.54, 1.807) is 16.7 Å². The molecule has 0 unspecified atom stereocenters. The van der Waals surface area contributed by atoms with Gasteiger partial charge in [0, 0.05) is 0 Å². The fourth-order valence-corrected chi connectivity index (χ4v) is 8.41. The number of allylic oxidation sites excluding steroid dienone is 6. The van der Waals surface area contributed by atoms with Crippen molar-refractivity contribution >= 4 is 0 Å². The molecule has 4 rings (SSSR count). The van der Waals surface area contributed by atoms with Crippen molar-refractivity contribution in [1.82, 2.24) is 0 Å². The van der Waals surface area contributed by atoms with Crippen LogP contribution in [0, 0.1) is 34.0 Å². The maximum absolute atomic E-state index is 10.7. The van der Waals surface area contributed by atoms with Crippen molar-refractivity contribution in [2.45, 2.75) is 112 Å². The van der Waals surface area contributed by atoms with Crippen molar-refractivity contribution in [3.63, 3.8) is 0 Å². The largest absolute Gasteiger partial charge is 0.393 e. The number of rotatable bonds is 4. The molecule has 0 spiro atoms. The first-order valence-corrected chi connectivity index (χ1v) is 12.8. The number of hydrogen-bond donors (Lipinski definition) is 1. The molecule has 0 amide bonds. The van der Waals surface area contributed by atoms with Crippen LogP contribution in [-0.2, 0) is 0 Å². The van der Waals surface area contributed by atoms with E-state index in [1.807, 2.05) is 0 Å². The topological polar surface area (TPSA) is 20.2 Å². The summed E-state index contributed by atoms with van der Waals surface area (Å²) in [6.45, 7) is 16.8. The van der Waals surface area contributed by atoms with Crippen LogP contribution >= 0.6 is 0 Å². The molecule has 1 N–H and O–H groups in total. The second kappa shape index (κ2) is 7.65. The lowest BCUT2D eigenvalue weighted by Gasteiger charge is -2.59. The second-order valence-electron chi connectivity index (χ2n) is 12.6. The average molecular weight is 411 g/mol. The molecule has 6 atom stereocenters. The van der Waals surface area contributed by atoms with Crippen LogP contribution in [0.5, 0.6) is 0 Å². The number of hydrogen-bond acceptors (Lipinski definition) is 1. The Kier molecular flexibility index (Phi) is 5.70. The molecule has 30 heavy (non-hydrogen) atoms. The molecular weight excluding hydrogens is 364 g/mol. The van der Waals surface area contributed by atoms with Crippen molar-refractivity contribution < 1.29 is 5.11 Å².